The smallest absolute Gasteiger partial charge is 0.376 e. The minimum Gasteiger partial charge on any atom is -0.418 e. The highest BCUT2D eigenvalue weighted by atomic mass is 16.7. The summed E-state index contributed by atoms with van der Waals surface area (Å²) in [7, 11) is 3.01. The van der Waals surface area contributed by atoms with Gasteiger partial charge in [-0.05, 0) is 53.7 Å². The Labute approximate surface area is 187 Å². The van der Waals surface area contributed by atoms with Gasteiger partial charge in [-0.2, -0.15) is 0 Å². The first kappa shape index (κ1) is 23.2. The number of aromatic nitrogens is 2. The van der Waals surface area contributed by atoms with Gasteiger partial charge in [-0.15, -0.1) is 0 Å². The fraction of sp³-hybridized carbons (Fsp3) is 0.417. The lowest BCUT2D eigenvalue weighted by Crippen LogP contribution is -2.51. The molecule has 0 amide bonds. The second-order valence-electron chi connectivity index (χ2n) is 9.48. The molecule has 0 saturated carbocycles. The van der Waals surface area contributed by atoms with E-state index in [0.29, 0.717) is 33.6 Å². The second-order valence-corrected chi connectivity index (χ2v) is 9.48. The molecule has 0 saturated heterocycles. The third-order valence-corrected chi connectivity index (χ3v) is 4.79. The predicted octanol–water partition coefficient (Wildman–Crippen LogP) is 2.59. The van der Waals surface area contributed by atoms with Gasteiger partial charge in [0.25, 0.3) is 0 Å². The predicted molar refractivity (Wildman–Crippen MR) is 117 cm³/mol. The number of ether oxygens (including phenoxy) is 2. The topological polar surface area (TPSA) is 78.8 Å². The molecule has 0 fully saturated rings. The Morgan fingerprint density at radius 3 is 1.28 bits per heavy atom. The van der Waals surface area contributed by atoms with Crippen molar-refractivity contribution in [1.29, 1.82) is 0 Å². The van der Waals surface area contributed by atoms with Crippen LogP contribution in [0.15, 0.2) is 36.4 Å². The number of hydrogen-bond donors (Lipinski definition) is 0. The number of para-hydroxylation sites is 2. The van der Waals surface area contributed by atoms with Crippen molar-refractivity contribution in [1.82, 2.24) is 0 Å². The number of nitrogens with zero attached hydrogens (tertiary/aromatic N) is 2. The van der Waals surface area contributed by atoms with Crippen molar-refractivity contribution < 1.29 is 38.2 Å². The van der Waals surface area contributed by atoms with E-state index in [2.05, 4.69) is 0 Å². The van der Waals surface area contributed by atoms with Crippen molar-refractivity contribution in [2.24, 2.45) is 10.8 Å². The summed E-state index contributed by atoms with van der Waals surface area (Å²) in [6.07, 6.45) is 0. The van der Waals surface area contributed by atoms with Crippen molar-refractivity contribution >= 4 is 34.0 Å². The number of rotatable bonds is 4. The fourth-order valence-electron chi connectivity index (χ4n) is 3.05. The summed E-state index contributed by atoms with van der Waals surface area (Å²) in [5.41, 5.74) is 0.702. The maximum absolute atomic E-state index is 12.6. The first-order valence-electron chi connectivity index (χ1n) is 10.3. The molecule has 0 spiro atoms. The van der Waals surface area contributed by atoms with E-state index in [1.807, 2.05) is 0 Å². The van der Waals surface area contributed by atoms with E-state index in [0.717, 1.165) is 0 Å². The molecule has 1 heterocycles. The lowest BCUT2D eigenvalue weighted by atomic mass is 9.97. The largest absolute Gasteiger partial charge is 0.418 e. The van der Waals surface area contributed by atoms with E-state index in [1.165, 1.54) is 23.7 Å². The van der Waals surface area contributed by atoms with Crippen LogP contribution in [0.4, 0.5) is 0 Å². The zero-order valence-electron chi connectivity index (χ0n) is 19.8. The molecule has 0 bridgehead atoms. The highest BCUT2D eigenvalue weighted by Crippen LogP contribution is 2.29. The SMILES string of the molecule is CO[n+]1c2cccc(OC(=O)C(C)(C)C)c2[n+](OC)c2cccc(OC(=O)C(C)(C)C)c21. The highest BCUT2D eigenvalue weighted by Gasteiger charge is 2.38. The number of benzene rings is 2. The Morgan fingerprint density at radius 1 is 0.656 bits per heavy atom. The molecule has 0 unspecified atom stereocenters. The summed E-state index contributed by atoms with van der Waals surface area (Å²) in [6.45, 7) is 10.7. The number of carbonyl (C=O) groups is 2. The van der Waals surface area contributed by atoms with E-state index >= 15 is 0 Å². The lowest BCUT2D eigenvalue weighted by molar-refractivity contribution is -0.875. The molecule has 3 rings (SSSR count). The summed E-state index contributed by atoms with van der Waals surface area (Å²) in [6, 6.07) is 10.5. The Morgan fingerprint density at radius 2 is 1.00 bits per heavy atom. The van der Waals surface area contributed by atoms with E-state index in [4.69, 9.17) is 19.1 Å². The standard InChI is InChI=1S/C24H30N2O6/c1-23(2,3)21(27)31-17-13-9-11-15-19(17)25(29-7)16-12-10-14-18(20(16)26(15)30-8)32-22(28)24(4,5)6/h9-14H,1-8H3/q+2. The molecule has 3 aromatic rings. The third kappa shape index (κ3) is 4.17. The molecule has 8 heteroatoms. The average Bonchev–Trinajstić information content (AvgIpc) is 2.71. The van der Waals surface area contributed by atoms with E-state index in [1.54, 1.807) is 77.9 Å². The van der Waals surface area contributed by atoms with Gasteiger partial charge in [0.2, 0.25) is 11.5 Å². The van der Waals surface area contributed by atoms with Crippen molar-refractivity contribution in [2.45, 2.75) is 41.5 Å². The van der Waals surface area contributed by atoms with Crippen LogP contribution in [-0.4, -0.2) is 26.2 Å². The highest BCUT2D eigenvalue weighted by molar-refractivity contribution is 5.88. The van der Waals surface area contributed by atoms with Crippen molar-refractivity contribution in [3.05, 3.63) is 36.4 Å². The van der Waals surface area contributed by atoms with E-state index in [9.17, 15) is 9.59 Å². The maximum Gasteiger partial charge on any atom is 0.376 e. The molecule has 0 aliphatic carbocycles. The first-order valence-corrected chi connectivity index (χ1v) is 10.3. The molecule has 1 aromatic heterocycles. The van der Waals surface area contributed by atoms with Crippen LogP contribution >= 0.6 is 0 Å². The summed E-state index contributed by atoms with van der Waals surface area (Å²) in [4.78, 5) is 36.6. The van der Waals surface area contributed by atoms with Gasteiger partial charge in [-0.3, -0.25) is 19.3 Å². The summed E-state index contributed by atoms with van der Waals surface area (Å²) < 4.78 is 14.5. The van der Waals surface area contributed by atoms with Crippen LogP contribution in [0.2, 0.25) is 0 Å². The Hall–Kier alpha value is -3.42. The summed E-state index contributed by atoms with van der Waals surface area (Å²) >= 11 is 0. The van der Waals surface area contributed by atoms with Gasteiger partial charge in [0.05, 0.1) is 10.8 Å². The lowest BCUT2D eigenvalue weighted by Gasteiger charge is -2.16. The van der Waals surface area contributed by atoms with E-state index < -0.39 is 10.8 Å². The first-order chi connectivity index (χ1) is 14.9. The maximum atomic E-state index is 12.6. The van der Waals surface area contributed by atoms with Crippen molar-refractivity contribution in [3.63, 3.8) is 0 Å². The van der Waals surface area contributed by atoms with Gasteiger partial charge in [-0.1, -0.05) is 12.1 Å². The summed E-state index contributed by atoms with van der Waals surface area (Å²) in [5, 5.41) is 0. The monoisotopic (exact) mass is 442 g/mol. The Bertz CT molecular complexity index is 1110. The molecule has 0 aliphatic heterocycles. The number of esters is 2. The second kappa shape index (κ2) is 8.26. The molecule has 0 N–H and O–H groups in total. The van der Waals surface area contributed by atoms with Gasteiger partial charge < -0.3 is 9.47 Å². The minimum absolute atomic E-state index is 0.314. The molecular formula is C24H30N2O6+2. The van der Waals surface area contributed by atoms with Crippen LogP contribution in [0.1, 0.15) is 41.5 Å². The molecule has 0 aliphatic rings. The van der Waals surface area contributed by atoms with Crippen LogP contribution in [0.3, 0.4) is 0 Å². The minimum atomic E-state index is -0.692. The zero-order chi connectivity index (χ0) is 23.8. The molecule has 0 radical (unpaired) electrons. The van der Waals surface area contributed by atoms with Crippen molar-refractivity contribution in [3.8, 4) is 11.5 Å². The van der Waals surface area contributed by atoms with Gasteiger partial charge in [-0.25, -0.2) is 0 Å². The van der Waals surface area contributed by atoms with Crippen LogP contribution < -0.4 is 28.6 Å². The summed E-state index contributed by atoms with van der Waals surface area (Å²) in [5.74, 6) is -0.141. The number of fused-ring (bicyclic) bond motifs is 2. The number of carbonyl (C=O) groups excluding carboxylic acids is 2. The average molecular weight is 443 g/mol. The molecular weight excluding hydrogens is 412 g/mol. The molecule has 8 nitrogen and oxygen atoms in total. The Kier molecular flexibility index (Phi) is 6.00. The van der Waals surface area contributed by atoms with Gasteiger partial charge >= 0.3 is 34.0 Å². The molecule has 170 valence electrons. The van der Waals surface area contributed by atoms with Crippen LogP contribution in [0.25, 0.3) is 22.1 Å². The van der Waals surface area contributed by atoms with Gasteiger partial charge in [0, 0.05) is 21.6 Å². The van der Waals surface area contributed by atoms with Gasteiger partial charge in [0.1, 0.15) is 14.2 Å². The van der Waals surface area contributed by atoms with Crippen LogP contribution in [0, 0.1) is 10.8 Å². The molecule has 2 aromatic carbocycles. The quantitative estimate of drug-likeness (QED) is 0.268. The van der Waals surface area contributed by atoms with Crippen LogP contribution in [0.5, 0.6) is 11.5 Å². The van der Waals surface area contributed by atoms with Gasteiger partial charge in [0.15, 0.2) is 0 Å². The van der Waals surface area contributed by atoms with Crippen molar-refractivity contribution in [2.75, 3.05) is 14.2 Å². The fourth-order valence-corrected chi connectivity index (χ4v) is 3.05. The molecule has 32 heavy (non-hydrogen) atoms. The zero-order valence-corrected chi connectivity index (χ0v) is 19.8. The third-order valence-electron chi connectivity index (χ3n) is 4.79. The number of hydrogen-bond acceptors (Lipinski definition) is 6. The normalized spacial score (nSPS) is 12.0. The Balaban J connectivity index is 2.36. The van der Waals surface area contributed by atoms with Crippen LogP contribution in [-0.2, 0) is 9.59 Å². The van der Waals surface area contributed by atoms with E-state index in [-0.39, 0.29) is 11.9 Å². The molecule has 0 atom stereocenters.